The molecule has 24 heavy (non-hydrogen) atoms. The second-order valence-electron chi connectivity index (χ2n) is 5.91. The number of halogens is 1. The number of aliphatic imine (C=N–C) groups is 1. The van der Waals surface area contributed by atoms with E-state index in [4.69, 9.17) is 0 Å². The van der Waals surface area contributed by atoms with Crippen LogP contribution in [0.25, 0.3) is 0 Å². The first-order chi connectivity index (χ1) is 11.4. The zero-order valence-corrected chi connectivity index (χ0v) is 16.6. The van der Waals surface area contributed by atoms with Crippen LogP contribution in [0, 0.1) is 0 Å². The normalized spacial score (nSPS) is 18.4. The second kappa shape index (κ2) is 8.82. The number of nitrogens with one attached hydrogen (secondary N) is 1. The smallest absolute Gasteiger partial charge is 0.193 e. The first kappa shape index (κ1) is 19.2. The third-order valence-electron chi connectivity index (χ3n) is 4.09. The molecule has 2 rings (SSSR count). The number of hydrogen-bond donors (Lipinski definition) is 1. The number of guanidine groups is 1. The van der Waals surface area contributed by atoms with E-state index < -0.39 is 9.84 Å². The van der Waals surface area contributed by atoms with E-state index in [0.29, 0.717) is 13.1 Å². The van der Waals surface area contributed by atoms with Crippen LogP contribution in [0.4, 0.5) is 0 Å². The Kier molecular flexibility index (Phi) is 7.06. The Morgan fingerprint density at radius 1 is 1.33 bits per heavy atom. The molecule has 0 unspecified atom stereocenters. The summed E-state index contributed by atoms with van der Waals surface area (Å²) in [6.45, 7) is 3.55. The van der Waals surface area contributed by atoms with Gasteiger partial charge < -0.3 is 10.2 Å². The van der Waals surface area contributed by atoms with E-state index >= 15 is 0 Å². The summed E-state index contributed by atoms with van der Waals surface area (Å²) in [5.74, 6) is 1.36. The summed E-state index contributed by atoms with van der Waals surface area (Å²) in [5, 5.41) is 3.35. The van der Waals surface area contributed by atoms with Gasteiger partial charge in [0.25, 0.3) is 0 Å². The molecule has 8 heteroatoms. The minimum Gasteiger partial charge on any atom is -0.355 e. The summed E-state index contributed by atoms with van der Waals surface area (Å²) in [4.78, 5) is 8.57. The molecule has 0 bridgehead atoms. The Morgan fingerprint density at radius 3 is 2.62 bits per heavy atom. The summed E-state index contributed by atoms with van der Waals surface area (Å²) < 4.78 is 24.0. The van der Waals surface area contributed by atoms with Crippen LogP contribution in [0.5, 0.6) is 0 Å². The highest BCUT2D eigenvalue weighted by atomic mass is 79.9. The maximum Gasteiger partial charge on any atom is 0.193 e. The van der Waals surface area contributed by atoms with Crippen LogP contribution >= 0.6 is 15.9 Å². The molecule has 1 saturated heterocycles. The van der Waals surface area contributed by atoms with Gasteiger partial charge in [0.2, 0.25) is 0 Å². The number of sulfone groups is 1. The SMILES string of the molecule is CN=C(NCCN1CCS(=O)(=O)CC1)N(C)Cc1ccccc1Br. The third-order valence-corrected chi connectivity index (χ3v) is 6.47. The van der Waals surface area contributed by atoms with E-state index in [2.05, 4.69) is 42.1 Å². The largest absolute Gasteiger partial charge is 0.355 e. The van der Waals surface area contributed by atoms with Crippen molar-refractivity contribution in [1.82, 2.24) is 15.1 Å². The highest BCUT2D eigenvalue weighted by Crippen LogP contribution is 2.17. The van der Waals surface area contributed by atoms with Gasteiger partial charge in [0, 0.05) is 51.3 Å². The molecule has 1 fully saturated rings. The molecule has 0 aromatic heterocycles. The topological polar surface area (TPSA) is 65.0 Å². The van der Waals surface area contributed by atoms with E-state index in [-0.39, 0.29) is 11.5 Å². The van der Waals surface area contributed by atoms with Crippen molar-refractivity contribution in [2.24, 2.45) is 4.99 Å². The van der Waals surface area contributed by atoms with Gasteiger partial charge in [0.05, 0.1) is 11.5 Å². The molecular formula is C16H25BrN4O2S. The van der Waals surface area contributed by atoms with E-state index in [9.17, 15) is 8.42 Å². The first-order valence-corrected chi connectivity index (χ1v) is 10.6. The Balaban J connectivity index is 1.79. The van der Waals surface area contributed by atoms with Crippen molar-refractivity contribution in [2.45, 2.75) is 6.54 Å². The highest BCUT2D eigenvalue weighted by molar-refractivity contribution is 9.10. The van der Waals surface area contributed by atoms with Gasteiger partial charge >= 0.3 is 0 Å². The molecule has 0 amide bonds. The minimum atomic E-state index is -2.81. The molecule has 0 spiro atoms. The Hall–Kier alpha value is -1.12. The quantitative estimate of drug-likeness (QED) is 0.576. The summed E-state index contributed by atoms with van der Waals surface area (Å²) in [6.07, 6.45) is 0. The van der Waals surface area contributed by atoms with Crippen molar-refractivity contribution in [1.29, 1.82) is 0 Å². The van der Waals surface area contributed by atoms with Crippen LogP contribution in [0.15, 0.2) is 33.7 Å². The fourth-order valence-corrected chi connectivity index (χ4v) is 4.33. The Morgan fingerprint density at radius 2 is 2.00 bits per heavy atom. The van der Waals surface area contributed by atoms with Crippen molar-refractivity contribution in [2.75, 3.05) is 51.8 Å². The molecule has 0 saturated carbocycles. The molecule has 1 aromatic rings. The predicted octanol–water partition coefficient (Wildman–Crippen LogP) is 1.19. The zero-order chi connectivity index (χ0) is 17.6. The van der Waals surface area contributed by atoms with Gasteiger partial charge in [-0.1, -0.05) is 34.1 Å². The van der Waals surface area contributed by atoms with Crippen LogP contribution in [0.1, 0.15) is 5.56 Å². The molecular weight excluding hydrogens is 392 g/mol. The average molecular weight is 417 g/mol. The third kappa shape index (κ3) is 5.75. The fourth-order valence-electron chi connectivity index (χ4n) is 2.64. The zero-order valence-electron chi connectivity index (χ0n) is 14.2. The van der Waals surface area contributed by atoms with Crippen molar-refractivity contribution >= 4 is 31.7 Å². The van der Waals surface area contributed by atoms with E-state index in [1.54, 1.807) is 7.05 Å². The van der Waals surface area contributed by atoms with E-state index in [0.717, 1.165) is 30.1 Å². The molecule has 1 aliphatic rings. The standard InChI is InChI=1S/C16H25BrN4O2S/c1-18-16(20(2)13-14-5-3-4-6-15(14)17)19-7-8-21-9-11-24(22,23)12-10-21/h3-6H,7-13H2,1-2H3,(H,18,19). The van der Waals surface area contributed by atoms with Gasteiger partial charge in [-0.3, -0.25) is 9.89 Å². The number of rotatable bonds is 5. The predicted molar refractivity (Wildman–Crippen MR) is 102 cm³/mol. The van der Waals surface area contributed by atoms with Crippen LogP contribution in [0.3, 0.4) is 0 Å². The van der Waals surface area contributed by atoms with Gasteiger partial charge in [0.1, 0.15) is 0 Å². The maximum absolute atomic E-state index is 11.4. The lowest BCUT2D eigenvalue weighted by atomic mass is 10.2. The monoisotopic (exact) mass is 416 g/mol. The Bertz CT molecular complexity index is 664. The first-order valence-electron chi connectivity index (χ1n) is 7.99. The molecule has 1 N–H and O–H groups in total. The van der Waals surface area contributed by atoms with Crippen LogP contribution in [-0.2, 0) is 16.4 Å². The fraction of sp³-hybridized carbons (Fsp3) is 0.562. The molecule has 6 nitrogen and oxygen atoms in total. The highest BCUT2D eigenvalue weighted by Gasteiger charge is 2.21. The molecule has 1 heterocycles. The van der Waals surface area contributed by atoms with Crippen molar-refractivity contribution in [3.63, 3.8) is 0 Å². The summed E-state index contributed by atoms with van der Waals surface area (Å²) in [7, 11) is 0.960. The lowest BCUT2D eigenvalue weighted by Crippen LogP contribution is -2.46. The summed E-state index contributed by atoms with van der Waals surface area (Å²) in [6, 6.07) is 8.14. The van der Waals surface area contributed by atoms with Gasteiger partial charge in [-0.25, -0.2) is 8.42 Å². The number of nitrogens with zero attached hydrogens (tertiary/aromatic N) is 3. The molecule has 0 aliphatic carbocycles. The van der Waals surface area contributed by atoms with Crippen molar-refractivity contribution in [3.8, 4) is 0 Å². The lowest BCUT2D eigenvalue weighted by molar-refractivity contribution is 0.298. The Labute approximate surface area is 153 Å². The molecule has 1 aromatic carbocycles. The summed E-state index contributed by atoms with van der Waals surface area (Å²) in [5.41, 5.74) is 1.20. The molecule has 0 radical (unpaired) electrons. The van der Waals surface area contributed by atoms with Gasteiger partial charge in [0.15, 0.2) is 15.8 Å². The van der Waals surface area contributed by atoms with E-state index in [1.165, 1.54) is 5.56 Å². The number of benzene rings is 1. The second-order valence-corrected chi connectivity index (χ2v) is 9.07. The van der Waals surface area contributed by atoms with Crippen LogP contribution in [0.2, 0.25) is 0 Å². The van der Waals surface area contributed by atoms with Crippen LogP contribution < -0.4 is 5.32 Å². The minimum absolute atomic E-state index is 0.268. The van der Waals surface area contributed by atoms with Gasteiger partial charge in [-0.05, 0) is 11.6 Å². The van der Waals surface area contributed by atoms with Gasteiger partial charge in [-0.2, -0.15) is 0 Å². The van der Waals surface area contributed by atoms with E-state index in [1.807, 2.05) is 25.2 Å². The molecule has 0 atom stereocenters. The molecule has 1 aliphatic heterocycles. The maximum atomic E-state index is 11.4. The lowest BCUT2D eigenvalue weighted by Gasteiger charge is -2.28. The van der Waals surface area contributed by atoms with Crippen molar-refractivity contribution < 1.29 is 8.42 Å². The average Bonchev–Trinajstić information content (AvgIpc) is 2.55. The molecule has 134 valence electrons. The van der Waals surface area contributed by atoms with Gasteiger partial charge in [-0.15, -0.1) is 0 Å². The van der Waals surface area contributed by atoms with Crippen molar-refractivity contribution in [3.05, 3.63) is 34.3 Å². The summed E-state index contributed by atoms with van der Waals surface area (Å²) >= 11 is 3.57. The number of hydrogen-bond acceptors (Lipinski definition) is 4. The van der Waals surface area contributed by atoms with Crippen LogP contribution in [-0.4, -0.2) is 76.0 Å².